The van der Waals surface area contributed by atoms with Gasteiger partial charge in [0, 0.05) is 41.8 Å². The Balaban J connectivity index is 1.77. The molecule has 1 heterocycles. The van der Waals surface area contributed by atoms with Gasteiger partial charge in [0.05, 0.1) is 17.1 Å². The summed E-state index contributed by atoms with van der Waals surface area (Å²) in [5.41, 5.74) is 4.55. The predicted molar refractivity (Wildman–Crippen MR) is 152 cm³/mol. The zero-order valence-corrected chi connectivity index (χ0v) is 22.9. The van der Waals surface area contributed by atoms with Gasteiger partial charge in [0.25, 0.3) is 5.56 Å². The van der Waals surface area contributed by atoms with Crippen LogP contribution in [0, 0.1) is 6.92 Å². The summed E-state index contributed by atoms with van der Waals surface area (Å²) in [6.07, 6.45) is 2.52. The smallest absolute Gasteiger partial charge is 0.282 e. The number of benzene rings is 3. The van der Waals surface area contributed by atoms with Crippen molar-refractivity contribution < 1.29 is 4.74 Å². The average Bonchev–Trinajstić information content (AvgIpc) is 2.87. The lowest BCUT2D eigenvalue weighted by Crippen LogP contribution is -2.23. The van der Waals surface area contributed by atoms with Crippen LogP contribution in [0.2, 0.25) is 0 Å². The number of aromatic nitrogens is 2. The second kappa shape index (κ2) is 11.1. The van der Waals surface area contributed by atoms with E-state index in [1.165, 1.54) is 10.2 Å². The maximum absolute atomic E-state index is 13.5. The topological polar surface area (TPSA) is 59.7 Å². The van der Waals surface area contributed by atoms with Crippen molar-refractivity contribution in [2.24, 2.45) is 5.10 Å². The predicted octanol–water partition coefficient (Wildman–Crippen LogP) is 6.51. The maximum atomic E-state index is 13.5. The SMILES string of the molecule is CC[C@@H](C)c1nc2ccc(Br)cc2c(=O)n1N=Cc1ccc(N(C)C)cc1OCc1cccc(C)c1. The van der Waals surface area contributed by atoms with Crippen LogP contribution in [-0.2, 0) is 6.61 Å². The van der Waals surface area contributed by atoms with Crippen molar-refractivity contribution in [3.8, 4) is 5.75 Å². The number of ether oxygens (including phenoxy) is 1. The van der Waals surface area contributed by atoms with E-state index in [0.29, 0.717) is 29.1 Å². The van der Waals surface area contributed by atoms with Gasteiger partial charge in [-0.05, 0) is 49.2 Å². The number of nitrogens with zero attached hydrogens (tertiary/aromatic N) is 4. The van der Waals surface area contributed by atoms with Gasteiger partial charge in [-0.1, -0.05) is 59.6 Å². The Morgan fingerprint density at radius 3 is 2.67 bits per heavy atom. The number of hydrogen-bond acceptors (Lipinski definition) is 5. The molecule has 1 atom stereocenters. The molecule has 6 nitrogen and oxygen atoms in total. The highest BCUT2D eigenvalue weighted by Gasteiger charge is 2.16. The van der Waals surface area contributed by atoms with Gasteiger partial charge in [-0.15, -0.1) is 0 Å². The summed E-state index contributed by atoms with van der Waals surface area (Å²) in [7, 11) is 3.98. The number of halogens is 1. The van der Waals surface area contributed by atoms with Crippen LogP contribution in [0.5, 0.6) is 5.75 Å². The minimum Gasteiger partial charge on any atom is -0.488 e. The third kappa shape index (κ3) is 5.68. The molecule has 4 aromatic rings. The van der Waals surface area contributed by atoms with Crippen LogP contribution in [-0.4, -0.2) is 30.0 Å². The quantitative estimate of drug-likeness (QED) is 0.236. The molecule has 0 saturated carbocycles. The Hall–Kier alpha value is -3.45. The molecule has 0 saturated heterocycles. The van der Waals surface area contributed by atoms with E-state index in [1.807, 2.05) is 61.5 Å². The molecular weight excluding hydrogens is 516 g/mol. The molecule has 36 heavy (non-hydrogen) atoms. The fourth-order valence-electron chi connectivity index (χ4n) is 3.89. The van der Waals surface area contributed by atoms with Crippen molar-refractivity contribution in [1.29, 1.82) is 0 Å². The molecule has 0 amide bonds. The lowest BCUT2D eigenvalue weighted by molar-refractivity contribution is 0.306. The molecule has 0 aliphatic carbocycles. The molecule has 0 bridgehead atoms. The summed E-state index contributed by atoms with van der Waals surface area (Å²) in [5.74, 6) is 1.40. The van der Waals surface area contributed by atoms with Crippen molar-refractivity contribution >= 4 is 38.7 Å². The van der Waals surface area contributed by atoms with Gasteiger partial charge in [0.15, 0.2) is 0 Å². The Kier molecular flexibility index (Phi) is 7.89. The fraction of sp³-hybridized carbons (Fsp3) is 0.276. The normalized spacial score (nSPS) is 12.3. The maximum Gasteiger partial charge on any atom is 0.282 e. The van der Waals surface area contributed by atoms with E-state index in [-0.39, 0.29) is 11.5 Å². The molecule has 0 unspecified atom stereocenters. The fourth-order valence-corrected chi connectivity index (χ4v) is 4.26. The monoisotopic (exact) mass is 546 g/mol. The molecule has 0 N–H and O–H groups in total. The van der Waals surface area contributed by atoms with E-state index >= 15 is 0 Å². The molecule has 0 radical (unpaired) electrons. The Morgan fingerprint density at radius 1 is 1.14 bits per heavy atom. The lowest BCUT2D eigenvalue weighted by Gasteiger charge is -2.17. The second-order valence-corrected chi connectivity index (χ2v) is 10.1. The van der Waals surface area contributed by atoms with Crippen LogP contribution in [0.25, 0.3) is 10.9 Å². The Labute approximate surface area is 220 Å². The lowest BCUT2D eigenvalue weighted by atomic mass is 10.1. The van der Waals surface area contributed by atoms with Crippen molar-refractivity contribution in [2.45, 2.75) is 39.7 Å². The highest BCUT2D eigenvalue weighted by molar-refractivity contribution is 9.10. The molecular formula is C29H31BrN4O2. The van der Waals surface area contributed by atoms with Crippen LogP contribution < -0.4 is 15.2 Å². The first-order valence-corrected chi connectivity index (χ1v) is 12.8. The molecule has 0 aliphatic heterocycles. The molecule has 7 heteroatoms. The summed E-state index contributed by atoms with van der Waals surface area (Å²) in [6.45, 7) is 6.63. The van der Waals surface area contributed by atoms with Gasteiger partial charge >= 0.3 is 0 Å². The molecule has 0 aliphatic rings. The molecule has 186 valence electrons. The van der Waals surface area contributed by atoms with Crippen LogP contribution >= 0.6 is 15.9 Å². The van der Waals surface area contributed by atoms with Gasteiger partial charge in [-0.2, -0.15) is 9.78 Å². The van der Waals surface area contributed by atoms with E-state index in [4.69, 9.17) is 9.72 Å². The van der Waals surface area contributed by atoms with Crippen molar-refractivity contribution in [1.82, 2.24) is 9.66 Å². The van der Waals surface area contributed by atoms with Crippen LogP contribution in [0.4, 0.5) is 5.69 Å². The number of rotatable bonds is 8. The van der Waals surface area contributed by atoms with E-state index < -0.39 is 0 Å². The van der Waals surface area contributed by atoms with Gasteiger partial charge in [0.2, 0.25) is 0 Å². The largest absolute Gasteiger partial charge is 0.488 e. The van der Waals surface area contributed by atoms with Gasteiger partial charge in [-0.25, -0.2) is 4.98 Å². The standard InChI is InChI=1S/C29H31BrN4O2/c1-6-20(3)28-32-26-13-11-23(30)15-25(26)29(35)34(28)31-17-22-10-12-24(33(4)5)16-27(22)36-18-21-9-7-8-19(2)14-21/h7-17,20H,6,18H2,1-5H3/t20-/m1/s1. The highest BCUT2D eigenvalue weighted by atomic mass is 79.9. The Bertz CT molecular complexity index is 1480. The molecule has 0 spiro atoms. The van der Waals surface area contributed by atoms with Crippen LogP contribution in [0.1, 0.15) is 48.7 Å². The summed E-state index contributed by atoms with van der Waals surface area (Å²) in [4.78, 5) is 20.3. The van der Waals surface area contributed by atoms with Crippen molar-refractivity contribution in [3.63, 3.8) is 0 Å². The number of anilines is 1. The van der Waals surface area contributed by atoms with Crippen LogP contribution in [0.3, 0.4) is 0 Å². The third-order valence-corrected chi connectivity index (χ3v) is 6.68. The number of hydrogen-bond donors (Lipinski definition) is 0. The minimum atomic E-state index is -0.194. The molecule has 3 aromatic carbocycles. The van der Waals surface area contributed by atoms with E-state index in [2.05, 4.69) is 53.9 Å². The summed E-state index contributed by atoms with van der Waals surface area (Å²) >= 11 is 3.46. The third-order valence-electron chi connectivity index (χ3n) is 6.19. The second-order valence-electron chi connectivity index (χ2n) is 9.20. The first-order chi connectivity index (χ1) is 17.3. The Morgan fingerprint density at radius 2 is 1.94 bits per heavy atom. The van der Waals surface area contributed by atoms with E-state index in [1.54, 1.807) is 12.3 Å². The van der Waals surface area contributed by atoms with Gasteiger partial charge in [-0.3, -0.25) is 4.79 Å². The van der Waals surface area contributed by atoms with Gasteiger partial charge < -0.3 is 9.64 Å². The van der Waals surface area contributed by atoms with Crippen LogP contribution in [0.15, 0.2) is 75.0 Å². The van der Waals surface area contributed by atoms with Crippen molar-refractivity contribution in [3.05, 3.63) is 98.0 Å². The first-order valence-electron chi connectivity index (χ1n) is 12.0. The molecule has 4 rings (SSSR count). The summed E-state index contributed by atoms with van der Waals surface area (Å²) in [5, 5.41) is 5.16. The van der Waals surface area contributed by atoms with Gasteiger partial charge in [0.1, 0.15) is 18.2 Å². The minimum absolute atomic E-state index is 0.0658. The summed E-state index contributed by atoms with van der Waals surface area (Å²) < 4.78 is 8.49. The van der Waals surface area contributed by atoms with Crippen molar-refractivity contribution in [2.75, 3.05) is 19.0 Å². The average molecular weight is 547 g/mol. The first kappa shape index (κ1) is 25.6. The zero-order chi connectivity index (χ0) is 25.8. The zero-order valence-electron chi connectivity index (χ0n) is 21.3. The number of fused-ring (bicyclic) bond motifs is 1. The van der Waals surface area contributed by atoms with E-state index in [9.17, 15) is 4.79 Å². The van der Waals surface area contributed by atoms with E-state index in [0.717, 1.165) is 27.7 Å². The molecule has 1 aromatic heterocycles. The highest BCUT2D eigenvalue weighted by Crippen LogP contribution is 2.26. The summed E-state index contributed by atoms with van der Waals surface area (Å²) in [6, 6.07) is 19.8. The molecule has 0 fully saturated rings. The number of aryl methyl sites for hydroxylation is 1.